The minimum atomic E-state index is -0.0953. The summed E-state index contributed by atoms with van der Waals surface area (Å²) in [7, 11) is 0. The minimum Gasteiger partial charge on any atom is -0.300 e. The highest BCUT2D eigenvalue weighted by Crippen LogP contribution is 2.37. The zero-order valence-corrected chi connectivity index (χ0v) is 24.5. The molecule has 3 rings (SSSR count). The van der Waals surface area contributed by atoms with Crippen molar-refractivity contribution in [2.45, 2.75) is 98.8 Å². The molecule has 3 heteroatoms. The Balaban J connectivity index is 1.77. The first-order valence-corrected chi connectivity index (χ1v) is 14.4. The van der Waals surface area contributed by atoms with Crippen LogP contribution in [-0.4, -0.2) is 17.3 Å². The van der Waals surface area contributed by atoms with E-state index in [4.69, 9.17) is 0 Å². The molecule has 3 nitrogen and oxygen atoms in total. The molecule has 0 N–H and O–H groups in total. The van der Waals surface area contributed by atoms with Gasteiger partial charge in [-0.15, -0.1) is 0 Å². The van der Waals surface area contributed by atoms with E-state index >= 15 is 0 Å². The maximum atomic E-state index is 13.4. The van der Waals surface area contributed by atoms with E-state index in [1.165, 1.54) is 12.5 Å². The average molecular weight is 515 g/mol. The van der Waals surface area contributed by atoms with Crippen molar-refractivity contribution in [1.82, 2.24) is 0 Å². The molecule has 38 heavy (non-hydrogen) atoms. The fraction of sp³-hybridized carbons (Fsp3) is 0.514. The van der Waals surface area contributed by atoms with E-state index in [9.17, 15) is 14.4 Å². The number of rotatable bonds is 11. The second-order valence-electron chi connectivity index (χ2n) is 12.4. The Labute approximate surface area is 230 Å². The lowest BCUT2D eigenvalue weighted by atomic mass is 9.72. The predicted octanol–water partition coefficient (Wildman–Crippen LogP) is 8.59. The van der Waals surface area contributed by atoms with Gasteiger partial charge in [-0.3, -0.25) is 14.4 Å². The Morgan fingerprint density at radius 2 is 1.68 bits per heavy atom. The summed E-state index contributed by atoms with van der Waals surface area (Å²) >= 11 is 0. The van der Waals surface area contributed by atoms with Gasteiger partial charge in [-0.2, -0.15) is 0 Å². The van der Waals surface area contributed by atoms with Crippen LogP contribution in [0, 0.1) is 24.7 Å². The molecule has 0 fully saturated rings. The Hall–Kier alpha value is -2.81. The molecular weight excluding hydrogens is 468 g/mol. The van der Waals surface area contributed by atoms with Crippen LogP contribution in [0.2, 0.25) is 0 Å². The smallest absolute Gasteiger partial charge is 0.163 e. The third-order valence-electron chi connectivity index (χ3n) is 8.23. The van der Waals surface area contributed by atoms with Crippen molar-refractivity contribution in [3.63, 3.8) is 0 Å². The van der Waals surface area contributed by atoms with Crippen molar-refractivity contribution in [3.05, 3.63) is 69.8 Å². The number of Topliss-reactive ketones (excluding diaryl/α,β-unsaturated/α-hetero) is 3. The van der Waals surface area contributed by atoms with Gasteiger partial charge in [0.15, 0.2) is 5.78 Å². The average Bonchev–Trinajstić information content (AvgIpc) is 2.83. The van der Waals surface area contributed by atoms with Crippen LogP contribution in [0.1, 0.15) is 118 Å². The molecule has 1 aliphatic rings. The Morgan fingerprint density at radius 1 is 1.00 bits per heavy atom. The van der Waals surface area contributed by atoms with Crippen molar-refractivity contribution in [2.24, 2.45) is 17.8 Å². The maximum Gasteiger partial charge on any atom is 0.163 e. The molecule has 204 valence electrons. The summed E-state index contributed by atoms with van der Waals surface area (Å²) in [5.41, 5.74) is 6.75. The van der Waals surface area contributed by atoms with Gasteiger partial charge < -0.3 is 0 Å². The molecular formula is C35H46O3. The van der Waals surface area contributed by atoms with Crippen molar-refractivity contribution in [2.75, 3.05) is 0 Å². The monoisotopic (exact) mass is 514 g/mol. The van der Waals surface area contributed by atoms with Crippen LogP contribution in [0.15, 0.2) is 36.4 Å². The molecule has 0 spiro atoms. The summed E-state index contributed by atoms with van der Waals surface area (Å²) in [5.74, 6) is 0.602. The van der Waals surface area contributed by atoms with Crippen molar-refractivity contribution in [3.8, 4) is 0 Å². The molecule has 0 aromatic heterocycles. The number of hydrogen-bond donors (Lipinski definition) is 0. The summed E-state index contributed by atoms with van der Waals surface area (Å²) < 4.78 is 0. The number of carbonyl (C=O) groups is 3. The molecule has 2 aromatic rings. The summed E-state index contributed by atoms with van der Waals surface area (Å²) in [5, 5.41) is 0. The van der Waals surface area contributed by atoms with E-state index in [1.807, 2.05) is 6.92 Å². The molecule has 0 saturated heterocycles. The number of benzene rings is 2. The van der Waals surface area contributed by atoms with Crippen LogP contribution in [0.4, 0.5) is 0 Å². The Morgan fingerprint density at radius 3 is 2.26 bits per heavy atom. The fourth-order valence-corrected chi connectivity index (χ4v) is 6.20. The van der Waals surface area contributed by atoms with Gasteiger partial charge in [0.25, 0.3) is 0 Å². The predicted molar refractivity (Wildman–Crippen MR) is 158 cm³/mol. The first-order chi connectivity index (χ1) is 17.9. The quantitative estimate of drug-likeness (QED) is 0.223. The van der Waals surface area contributed by atoms with Crippen LogP contribution in [0.5, 0.6) is 0 Å². The van der Waals surface area contributed by atoms with Gasteiger partial charge in [0.2, 0.25) is 0 Å². The van der Waals surface area contributed by atoms with Crippen molar-refractivity contribution >= 4 is 29.5 Å². The third-order valence-corrected chi connectivity index (χ3v) is 8.23. The van der Waals surface area contributed by atoms with Crippen LogP contribution in [-0.2, 0) is 21.4 Å². The van der Waals surface area contributed by atoms with Crippen LogP contribution in [0.25, 0.3) is 12.2 Å². The zero-order valence-electron chi connectivity index (χ0n) is 24.5. The lowest BCUT2D eigenvalue weighted by Gasteiger charge is -2.32. The molecule has 0 amide bonds. The van der Waals surface area contributed by atoms with Gasteiger partial charge in [0.05, 0.1) is 6.42 Å². The van der Waals surface area contributed by atoms with Gasteiger partial charge in [0, 0.05) is 17.9 Å². The number of carbonyl (C=O) groups excluding carboxylic acids is 3. The normalized spacial score (nSPS) is 17.3. The lowest BCUT2D eigenvalue weighted by Crippen LogP contribution is -2.29. The largest absolute Gasteiger partial charge is 0.300 e. The van der Waals surface area contributed by atoms with Crippen LogP contribution >= 0.6 is 0 Å². The van der Waals surface area contributed by atoms with Crippen LogP contribution < -0.4 is 0 Å². The number of ketones is 3. The van der Waals surface area contributed by atoms with E-state index in [2.05, 4.69) is 83.2 Å². The standard InChI is InChI=1S/C35H46O3/c1-8-10-28(31(9-2)32(37)19-23(3)36)20-26-21-29-16-15-27(24(4)34(29)33(38)22-26)14-11-25-12-17-30(18-13-25)35(5,6)7/h11-18,26,28,31H,8-10,19-22H2,1-7H3. The first-order valence-electron chi connectivity index (χ1n) is 14.4. The molecule has 3 atom stereocenters. The molecule has 3 unspecified atom stereocenters. The SMILES string of the molecule is CCCC(CC1CC(=O)c2c(ccc(C=Cc3ccc(C(C)(C)C)cc3)c2C)C1)C(CC)C(=O)CC(C)=O. The molecule has 0 aliphatic heterocycles. The highest BCUT2D eigenvalue weighted by atomic mass is 16.1. The van der Waals surface area contributed by atoms with Gasteiger partial charge in [-0.1, -0.05) is 96.0 Å². The lowest BCUT2D eigenvalue weighted by molar-refractivity contribution is -0.129. The highest BCUT2D eigenvalue weighted by Gasteiger charge is 2.33. The van der Waals surface area contributed by atoms with Gasteiger partial charge in [-0.05, 0) is 78.2 Å². The molecule has 0 radical (unpaired) electrons. The second-order valence-corrected chi connectivity index (χ2v) is 12.4. The Bertz CT molecular complexity index is 1180. The van der Waals surface area contributed by atoms with E-state index in [0.29, 0.717) is 6.42 Å². The van der Waals surface area contributed by atoms with E-state index < -0.39 is 0 Å². The van der Waals surface area contributed by atoms with Gasteiger partial charge in [0.1, 0.15) is 11.6 Å². The Kier molecular flexibility index (Phi) is 10.0. The van der Waals surface area contributed by atoms with Crippen molar-refractivity contribution < 1.29 is 14.4 Å². The minimum absolute atomic E-state index is 0.0291. The summed E-state index contributed by atoms with van der Waals surface area (Å²) in [6, 6.07) is 12.9. The van der Waals surface area contributed by atoms with Gasteiger partial charge >= 0.3 is 0 Å². The topological polar surface area (TPSA) is 51.2 Å². The van der Waals surface area contributed by atoms with Crippen LogP contribution in [0.3, 0.4) is 0 Å². The zero-order chi connectivity index (χ0) is 28.0. The number of fused-ring (bicyclic) bond motifs is 1. The summed E-state index contributed by atoms with van der Waals surface area (Å²) in [6.07, 6.45) is 9.25. The molecule has 0 saturated carbocycles. The highest BCUT2D eigenvalue weighted by molar-refractivity contribution is 6.01. The molecule has 0 bridgehead atoms. The second kappa shape index (κ2) is 12.8. The van der Waals surface area contributed by atoms with E-state index in [1.54, 1.807) is 0 Å². The molecule has 2 aromatic carbocycles. The molecule has 1 aliphatic carbocycles. The fourth-order valence-electron chi connectivity index (χ4n) is 6.20. The van der Waals surface area contributed by atoms with E-state index in [-0.39, 0.29) is 46.9 Å². The summed E-state index contributed by atoms with van der Waals surface area (Å²) in [4.78, 5) is 37.8. The first kappa shape index (κ1) is 29.7. The van der Waals surface area contributed by atoms with Crippen molar-refractivity contribution in [1.29, 1.82) is 0 Å². The third kappa shape index (κ3) is 7.40. The van der Waals surface area contributed by atoms with Gasteiger partial charge in [-0.25, -0.2) is 0 Å². The maximum absolute atomic E-state index is 13.4. The van der Waals surface area contributed by atoms with E-state index in [0.717, 1.165) is 59.9 Å². The molecule has 0 heterocycles. The number of hydrogen-bond acceptors (Lipinski definition) is 3. The summed E-state index contributed by atoms with van der Waals surface area (Å²) in [6.45, 7) is 14.4.